The Kier molecular flexibility index (Phi) is 6.01. The van der Waals surface area contributed by atoms with Crippen molar-refractivity contribution >= 4 is 5.82 Å². The summed E-state index contributed by atoms with van der Waals surface area (Å²) in [7, 11) is 0. The summed E-state index contributed by atoms with van der Waals surface area (Å²) in [5, 5.41) is 3.05. The number of pyridine rings is 1. The second-order valence-electron chi connectivity index (χ2n) is 4.03. The monoisotopic (exact) mass is 280 g/mol. The number of halogens is 4. The number of hydrogen-bond donors (Lipinski definition) is 1. The summed E-state index contributed by atoms with van der Waals surface area (Å²) >= 11 is 0. The van der Waals surface area contributed by atoms with Gasteiger partial charge in [0.25, 0.3) is 0 Å². The molecule has 0 atom stereocenters. The average Bonchev–Trinajstić information content (AvgIpc) is 2.37. The third-order valence-corrected chi connectivity index (χ3v) is 2.26. The first-order valence-electron chi connectivity index (χ1n) is 5.88. The maximum Gasteiger partial charge on any atom is 0.330 e. The summed E-state index contributed by atoms with van der Waals surface area (Å²) in [6, 6.07) is 3.32. The van der Waals surface area contributed by atoms with Crippen LogP contribution in [0.15, 0.2) is 18.3 Å². The number of aromatic nitrogens is 1. The van der Waals surface area contributed by atoms with E-state index in [-0.39, 0.29) is 6.61 Å². The molecule has 0 aliphatic carbocycles. The Hall–Kier alpha value is -1.37. The van der Waals surface area contributed by atoms with Crippen LogP contribution in [0.4, 0.5) is 23.4 Å². The maximum atomic E-state index is 12.6. The molecule has 0 saturated carbocycles. The van der Waals surface area contributed by atoms with Crippen LogP contribution in [-0.2, 0) is 11.3 Å². The second-order valence-corrected chi connectivity index (χ2v) is 4.03. The van der Waals surface area contributed by atoms with Gasteiger partial charge in [0.1, 0.15) is 12.4 Å². The Bertz CT molecular complexity index is 370. The number of ether oxygens (including phenoxy) is 1. The molecule has 1 heterocycles. The second kappa shape index (κ2) is 7.28. The van der Waals surface area contributed by atoms with E-state index in [1.54, 1.807) is 12.1 Å². The van der Waals surface area contributed by atoms with Crippen molar-refractivity contribution in [2.75, 3.05) is 18.5 Å². The summed E-state index contributed by atoms with van der Waals surface area (Å²) in [5.74, 6) is -3.45. The van der Waals surface area contributed by atoms with Crippen molar-refractivity contribution in [1.29, 1.82) is 0 Å². The Morgan fingerprint density at radius 3 is 2.63 bits per heavy atom. The molecular weight excluding hydrogens is 264 g/mol. The SMILES string of the molecule is CCCNc1ccc(COCC(F)(F)C(F)F)cn1. The zero-order valence-corrected chi connectivity index (χ0v) is 10.5. The van der Waals surface area contributed by atoms with E-state index >= 15 is 0 Å². The van der Waals surface area contributed by atoms with Crippen LogP contribution in [0, 0.1) is 0 Å². The van der Waals surface area contributed by atoms with E-state index in [0.717, 1.165) is 13.0 Å². The van der Waals surface area contributed by atoms with Crippen molar-refractivity contribution in [1.82, 2.24) is 4.98 Å². The molecule has 0 spiro atoms. The number of anilines is 1. The lowest BCUT2D eigenvalue weighted by atomic mass is 10.3. The van der Waals surface area contributed by atoms with Crippen LogP contribution in [0.5, 0.6) is 0 Å². The Labute approximate surface area is 109 Å². The topological polar surface area (TPSA) is 34.1 Å². The molecule has 1 aromatic heterocycles. The van der Waals surface area contributed by atoms with Gasteiger partial charge in [0.05, 0.1) is 6.61 Å². The van der Waals surface area contributed by atoms with Gasteiger partial charge >= 0.3 is 12.3 Å². The normalized spacial score (nSPS) is 11.9. The molecule has 0 fully saturated rings. The van der Waals surface area contributed by atoms with Gasteiger partial charge in [0, 0.05) is 12.7 Å². The molecule has 1 rings (SSSR count). The molecule has 0 amide bonds. The third-order valence-electron chi connectivity index (χ3n) is 2.26. The zero-order valence-electron chi connectivity index (χ0n) is 10.5. The van der Waals surface area contributed by atoms with Crippen LogP contribution in [0.1, 0.15) is 18.9 Å². The first-order chi connectivity index (χ1) is 8.95. The van der Waals surface area contributed by atoms with Crippen LogP contribution < -0.4 is 5.32 Å². The lowest BCUT2D eigenvalue weighted by Gasteiger charge is -2.15. The number of alkyl halides is 4. The van der Waals surface area contributed by atoms with Gasteiger partial charge in [-0.05, 0) is 18.1 Å². The summed E-state index contributed by atoms with van der Waals surface area (Å²) in [6.07, 6.45) is -1.31. The molecule has 1 aromatic rings. The molecule has 108 valence electrons. The van der Waals surface area contributed by atoms with Crippen molar-refractivity contribution in [2.45, 2.75) is 32.3 Å². The van der Waals surface area contributed by atoms with Gasteiger partial charge in [-0.1, -0.05) is 13.0 Å². The lowest BCUT2D eigenvalue weighted by molar-refractivity contribution is -0.168. The molecule has 0 unspecified atom stereocenters. The van der Waals surface area contributed by atoms with Crippen LogP contribution in [-0.4, -0.2) is 30.5 Å². The summed E-state index contributed by atoms with van der Waals surface area (Å²) in [5.41, 5.74) is 0.548. The van der Waals surface area contributed by atoms with E-state index in [4.69, 9.17) is 0 Å². The van der Waals surface area contributed by atoms with Crippen LogP contribution in [0.2, 0.25) is 0 Å². The smallest absolute Gasteiger partial charge is 0.330 e. The fourth-order valence-corrected chi connectivity index (χ4v) is 1.24. The molecule has 1 N–H and O–H groups in total. The highest BCUT2D eigenvalue weighted by Gasteiger charge is 2.40. The van der Waals surface area contributed by atoms with Gasteiger partial charge < -0.3 is 10.1 Å². The van der Waals surface area contributed by atoms with Crippen LogP contribution >= 0.6 is 0 Å². The van der Waals surface area contributed by atoms with Crippen molar-refractivity contribution in [3.63, 3.8) is 0 Å². The van der Waals surface area contributed by atoms with Crippen LogP contribution in [0.25, 0.3) is 0 Å². The van der Waals surface area contributed by atoms with Crippen molar-refractivity contribution < 1.29 is 22.3 Å². The molecule has 7 heteroatoms. The standard InChI is InChI=1S/C12H16F4N2O/c1-2-5-17-10-4-3-9(6-18-10)7-19-8-12(15,16)11(13)14/h3-4,6,11H,2,5,7-8H2,1H3,(H,17,18). The highest BCUT2D eigenvalue weighted by molar-refractivity contribution is 5.35. The fourth-order valence-electron chi connectivity index (χ4n) is 1.24. The van der Waals surface area contributed by atoms with Gasteiger partial charge in [-0.25, -0.2) is 13.8 Å². The van der Waals surface area contributed by atoms with Gasteiger partial charge in [-0.2, -0.15) is 8.78 Å². The largest absolute Gasteiger partial charge is 0.370 e. The Morgan fingerprint density at radius 2 is 2.11 bits per heavy atom. The van der Waals surface area contributed by atoms with E-state index in [1.807, 2.05) is 6.92 Å². The third kappa shape index (κ3) is 5.42. The maximum absolute atomic E-state index is 12.6. The Morgan fingerprint density at radius 1 is 1.37 bits per heavy atom. The quantitative estimate of drug-likeness (QED) is 0.742. The molecule has 0 saturated heterocycles. The molecular formula is C12H16F4N2O. The number of hydrogen-bond acceptors (Lipinski definition) is 3. The van der Waals surface area contributed by atoms with E-state index < -0.39 is 19.0 Å². The lowest BCUT2D eigenvalue weighted by Crippen LogP contribution is -2.32. The van der Waals surface area contributed by atoms with E-state index in [9.17, 15) is 17.6 Å². The fraction of sp³-hybridized carbons (Fsp3) is 0.583. The predicted octanol–water partition coefficient (Wildman–Crippen LogP) is 3.32. The van der Waals surface area contributed by atoms with E-state index in [2.05, 4.69) is 15.0 Å². The average molecular weight is 280 g/mol. The number of nitrogens with zero attached hydrogens (tertiary/aromatic N) is 1. The highest BCUT2D eigenvalue weighted by atomic mass is 19.3. The minimum Gasteiger partial charge on any atom is -0.370 e. The first kappa shape index (κ1) is 15.7. The van der Waals surface area contributed by atoms with Crippen molar-refractivity contribution in [3.8, 4) is 0 Å². The van der Waals surface area contributed by atoms with Crippen LogP contribution in [0.3, 0.4) is 0 Å². The summed E-state index contributed by atoms with van der Waals surface area (Å²) in [6.45, 7) is 1.31. The zero-order chi connectivity index (χ0) is 14.3. The highest BCUT2D eigenvalue weighted by Crippen LogP contribution is 2.23. The van der Waals surface area contributed by atoms with E-state index in [1.165, 1.54) is 6.20 Å². The van der Waals surface area contributed by atoms with Crippen molar-refractivity contribution in [2.24, 2.45) is 0 Å². The Balaban J connectivity index is 2.38. The summed E-state index contributed by atoms with van der Waals surface area (Å²) < 4.78 is 53.4. The number of rotatable bonds is 8. The molecule has 0 aliphatic heterocycles. The van der Waals surface area contributed by atoms with Gasteiger partial charge in [-0.15, -0.1) is 0 Å². The molecule has 0 radical (unpaired) electrons. The summed E-state index contributed by atoms with van der Waals surface area (Å²) in [4.78, 5) is 4.04. The van der Waals surface area contributed by atoms with E-state index in [0.29, 0.717) is 11.4 Å². The molecule has 0 aromatic carbocycles. The van der Waals surface area contributed by atoms with Crippen molar-refractivity contribution in [3.05, 3.63) is 23.9 Å². The molecule has 0 bridgehead atoms. The molecule has 19 heavy (non-hydrogen) atoms. The first-order valence-corrected chi connectivity index (χ1v) is 5.88. The predicted molar refractivity (Wildman–Crippen MR) is 63.6 cm³/mol. The minimum atomic E-state index is -4.12. The van der Waals surface area contributed by atoms with Gasteiger partial charge in [0.15, 0.2) is 0 Å². The van der Waals surface area contributed by atoms with Gasteiger partial charge in [0.2, 0.25) is 0 Å². The minimum absolute atomic E-state index is 0.177. The van der Waals surface area contributed by atoms with Gasteiger partial charge in [-0.3, -0.25) is 0 Å². The molecule has 3 nitrogen and oxygen atoms in total. The molecule has 0 aliphatic rings. The number of nitrogens with one attached hydrogen (secondary N) is 1.